The first-order valence-electron chi connectivity index (χ1n) is 6.68. The fourth-order valence-electron chi connectivity index (χ4n) is 2.08. The van der Waals surface area contributed by atoms with Gasteiger partial charge in [-0.05, 0) is 30.7 Å². The van der Waals surface area contributed by atoms with E-state index in [-0.39, 0.29) is 18.0 Å². The summed E-state index contributed by atoms with van der Waals surface area (Å²) in [7, 11) is 1.58. The highest BCUT2D eigenvalue weighted by Gasteiger charge is 2.14. The SMILES string of the molecule is COc1ccc(CC(=O)Nc2cccc([N+](=O)[O-])c2C)cc1. The number of nitrogens with one attached hydrogen (secondary N) is 1. The van der Waals surface area contributed by atoms with Gasteiger partial charge < -0.3 is 10.1 Å². The smallest absolute Gasteiger partial charge is 0.274 e. The van der Waals surface area contributed by atoms with Crippen LogP contribution in [0.2, 0.25) is 0 Å². The van der Waals surface area contributed by atoms with Crippen molar-refractivity contribution in [2.24, 2.45) is 0 Å². The highest BCUT2D eigenvalue weighted by molar-refractivity contribution is 5.93. The Labute approximate surface area is 127 Å². The van der Waals surface area contributed by atoms with Gasteiger partial charge in [-0.2, -0.15) is 0 Å². The quantitative estimate of drug-likeness (QED) is 0.679. The summed E-state index contributed by atoms with van der Waals surface area (Å²) in [6.45, 7) is 1.61. The van der Waals surface area contributed by atoms with Gasteiger partial charge in [0, 0.05) is 6.07 Å². The third-order valence-electron chi connectivity index (χ3n) is 3.30. The van der Waals surface area contributed by atoms with Crippen molar-refractivity contribution < 1.29 is 14.5 Å². The van der Waals surface area contributed by atoms with E-state index in [1.165, 1.54) is 6.07 Å². The van der Waals surface area contributed by atoms with Gasteiger partial charge in [-0.15, -0.1) is 0 Å². The molecule has 114 valence electrons. The number of amides is 1. The van der Waals surface area contributed by atoms with Crippen molar-refractivity contribution in [3.05, 3.63) is 63.7 Å². The van der Waals surface area contributed by atoms with Gasteiger partial charge in [0.2, 0.25) is 5.91 Å². The van der Waals surface area contributed by atoms with Crippen LogP contribution in [0, 0.1) is 17.0 Å². The summed E-state index contributed by atoms with van der Waals surface area (Å²) >= 11 is 0. The van der Waals surface area contributed by atoms with E-state index in [4.69, 9.17) is 4.74 Å². The fraction of sp³-hybridized carbons (Fsp3) is 0.188. The lowest BCUT2D eigenvalue weighted by molar-refractivity contribution is -0.385. The average molecular weight is 300 g/mol. The molecule has 0 saturated carbocycles. The van der Waals surface area contributed by atoms with Gasteiger partial charge in [0.1, 0.15) is 5.75 Å². The summed E-state index contributed by atoms with van der Waals surface area (Å²) in [5.41, 5.74) is 1.71. The summed E-state index contributed by atoms with van der Waals surface area (Å²) in [6.07, 6.45) is 0.187. The van der Waals surface area contributed by atoms with E-state index < -0.39 is 4.92 Å². The van der Waals surface area contributed by atoms with Crippen LogP contribution >= 0.6 is 0 Å². The van der Waals surface area contributed by atoms with Gasteiger partial charge in [-0.25, -0.2) is 0 Å². The first-order chi connectivity index (χ1) is 10.5. The van der Waals surface area contributed by atoms with E-state index in [0.717, 1.165) is 11.3 Å². The molecule has 0 aromatic heterocycles. The lowest BCUT2D eigenvalue weighted by Gasteiger charge is -2.09. The van der Waals surface area contributed by atoms with Gasteiger partial charge in [-0.1, -0.05) is 18.2 Å². The predicted molar refractivity (Wildman–Crippen MR) is 83.2 cm³/mol. The lowest BCUT2D eigenvalue weighted by Crippen LogP contribution is -2.15. The second kappa shape index (κ2) is 6.71. The maximum absolute atomic E-state index is 12.1. The standard InChI is InChI=1S/C16H16N2O4/c1-11-14(4-3-5-15(11)18(20)21)17-16(19)10-12-6-8-13(22-2)9-7-12/h3-9H,10H2,1-2H3,(H,17,19). The molecule has 0 bridgehead atoms. The Morgan fingerprint density at radius 3 is 2.50 bits per heavy atom. The van der Waals surface area contributed by atoms with Crippen LogP contribution in [0.25, 0.3) is 0 Å². The molecular formula is C16H16N2O4. The highest BCUT2D eigenvalue weighted by atomic mass is 16.6. The van der Waals surface area contributed by atoms with E-state index in [1.807, 2.05) is 0 Å². The minimum absolute atomic E-state index is 0.0118. The molecule has 0 saturated heterocycles. The number of benzene rings is 2. The minimum atomic E-state index is -0.464. The zero-order valence-corrected chi connectivity index (χ0v) is 12.3. The zero-order chi connectivity index (χ0) is 16.1. The van der Waals surface area contributed by atoms with Crippen LogP contribution < -0.4 is 10.1 Å². The number of ether oxygens (including phenoxy) is 1. The number of hydrogen-bond donors (Lipinski definition) is 1. The van der Waals surface area contributed by atoms with E-state index in [0.29, 0.717) is 11.3 Å². The number of methoxy groups -OCH3 is 1. The van der Waals surface area contributed by atoms with Gasteiger partial charge >= 0.3 is 0 Å². The molecule has 1 N–H and O–H groups in total. The molecule has 1 amide bonds. The average Bonchev–Trinajstić information content (AvgIpc) is 2.50. The Kier molecular flexibility index (Phi) is 4.73. The van der Waals surface area contributed by atoms with Crippen LogP contribution in [0.3, 0.4) is 0 Å². The number of anilines is 1. The summed E-state index contributed by atoms with van der Waals surface area (Å²) in [4.78, 5) is 22.5. The number of nitro groups is 1. The van der Waals surface area contributed by atoms with Crippen molar-refractivity contribution in [1.29, 1.82) is 0 Å². The third kappa shape index (κ3) is 3.60. The summed E-state index contributed by atoms with van der Waals surface area (Å²) in [5.74, 6) is 0.493. The largest absolute Gasteiger partial charge is 0.497 e. The molecule has 0 fully saturated rings. The fourth-order valence-corrected chi connectivity index (χ4v) is 2.08. The van der Waals surface area contributed by atoms with Gasteiger partial charge in [0.25, 0.3) is 5.69 Å². The Bertz CT molecular complexity index is 696. The van der Waals surface area contributed by atoms with E-state index in [2.05, 4.69) is 5.32 Å². The van der Waals surface area contributed by atoms with Crippen LogP contribution in [0.15, 0.2) is 42.5 Å². The van der Waals surface area contributed by atoms with Crippen LogP contribution in [-0.2, 0) is 11.2 Å². The Morgan fingerprint density at radius 1 is 1.23 bits per heavy atom. The Hall–Kier alpha value is -2.89. The molecule has 0 aliphatic carbocycles. The number of rotatable bonds is 5. The second-order valence-corrected chi connectivity index (χ2v) is 4.78. The van der Waals surface area contributed by atoms with Crippen molar-refractivity contribution in [2.45, 2.75) is 13.3 Å². The lowest BCUT2D eigenvalue weighted by atomic mass is 10.1. The molecule has 0 aliphatic rings. The molecule has 2 aromatic carbocycles. The molecule has 0 aliphatic heterocycles. The third-order valence-corrected chi connectivity index (χ3v) is 3.30. The molecule has 0 heterocycles. The molecule has 0 radical (unpaired) electrons. The van der Waals surface area contributed by atoms with Crippen molar-refractivity contribution in [1.82, 2.24) is 0 Å². The summed E-state index contributed by atoms with van der Waals surface area (Å²) in [6, 6.07) is 11.8. The molecule has 6 nitrogen and oxygen atoms in total. The van der Waals surface area contributed by atoms with Crippen molar-refractivity contribution >= 4 is 17.3 Å². The monoisotopic (exact) mass is 300 g/mol. The van der Waals surface area contributed by atoms with Crippen LogP contribution in [-0.4, -0.2) is 17.9 Å². The van der Waals surface area contributed by atoms with Crippen molar-refractivity contribution in [3.63, 3.8) is 0 Å². The topological polar surface area (TPSA) is 81.5 Å². The van der Waals surface area contributed by atoms with E-state index >= 15 is 0 Å². The molecular weight excluding hydrogens is 284 g/mol. The zero-order valence-electron chi connectivity index (χ0n) is 12.3. The molecule has 0 unspecified atom stereocenters. The Morgan fingerprint density at radius 2 is 1.91 bits per heavy atom. The van der Waals surface area contributed by atoms with Gasteiger partial charge in [0.15, 0.2) is 0 Å². The molecule has 2 rings (SSSR count). The minimum Gasteiger partial charge on any atom is -0.497 e. The molecule has 0 atom stereocenters. The second-order valence-electron chi connectivity index (χ2n) is 4.78. The number of carbonyl (C=O) groups excluding carboxylic acids is 1. The van der Waals surface area contributed by atoms with Gasteiger partial charge in [0.05, 0.1) is 29.7 Å². The first kappa shape index (κ1) is 15.5. The van der Waals surface area contributed by atoms with Crippen LogP contribution in [0.5, 0.6) is 5.75 Å². The van der Waals surface area contributed by atoms with E-state index in [1.54, 1.807) is 50.4 Å². The number of nitrogens with zero attached hydrogens (tertiary/aromatic N) is 1. The summed E-state index contributed by atoms with van der Waals surface area (Å²) in [5, 5.41) is 13.6. The Balaban J connectivity index is 2.08. The maximum atomic E-state index is 12.1. The highest BCUT2D eigenvalue weighted by Crippen LogP contribution is 2.25. The molecule has 0 spiro atoms. The number of hydrogen-bond acceptors (Lipinski definition) is 4. The van der Waals surface area contributed by atoms with Crippen LogP contribution in [0.4, 0.5) is 11.4 Å². The first-order valence-corrected chi connectivity index (χ1v) is 6.68. The number of carbonyl (C=O) groups is 1. The van der Waals surface area contributed by atoms with Gasteiger partial charge in [-0.3, -0.25) is 14.9 Å². The van der Waals surface area contributed by atoms with Crippen molar-refractivity contribution in [2.75, 3.05) is 12.4 Å². The normalized spacial score (nSPS) is 10.1. The van der Waals surface area contributed by atoms with Crippen molar-refractivity contribution in [3.8, 4) is 5.75 Å². The predicted octanol–water partition coefficient (Wildman–Crippen LogP) is 3.09. The molecule has 22 heavy (non-hydrogen) atoms. The van der Waals surface area contributed by atoms with E-state index in [9.17, 15) is 14.9 Å². The maximum Gasteiger partial charge on any atom is 0.274 e. The molecule has 2 aromatic rings. The summed E-state index contributed by atoms with van der Waals surface area (Å²) < 4.78 is 5.06. The number of nitro benzene ring substituents is 1. The molecule has 6 heteroatoms. The van der Waals surface area contributed by atoms with Crippen LogP contribution in [0.1, 0.15) is 11.1 Å².